The zero-order valence-corrected chi connectivity index (χ0v) is 38.0. The summed E-state index contributed by atoms with van der Waals surface area (Å²) in [6.45, 7) is 27.2. The third-order valence-electron chi connectivity index (χ3n) is 12.5. The molecule has 0 aliphatic heterocycles. The lowest BCUT2D eigenvalue weighted by molar-refractivity contribution is 0.590. The Hall–Kier alpha value is -6.36. The van der Waals surface area contributed by atoms with Gasteiger partial charge in [0.05, 0.1) is 51.0 Å². The molecule has 2 heterocycles. The Morgan fingerprint density at radius 3 is 1.13 bits per heavy atom. The smallest absolute Gasteiger partial charge is 0.0991 e. The molecule has 8 aromatic rings. The monoisotopic (exact) mass is 798 g/mol. The lowest BCUT2D eigenvalue weighted by atomic mass is 9.85. The quantitative estimate of drug-likeness (QED) is 0.174. The summed E-state index contributed by atoms with van der Waals surface area (Å²) in [5.41, 5.74) is 15.0. The Bertz CT molecular complexity index is 3010. The Morgan fingerprint density at radius 2 is 0.770 bits per heavy atom. The molecule has 0 aliphatic carbocycles. The fourth-order valence-electron chi connectivity index (χ4n) is 8.74. The highest BCUT2D eigenvalue weighted by molar-refractivity contribution is 6.11. The first kappa shape index (κ1) is 41.4. The predicted octanol–water partition coefficient (Wildman–Crippen LogP) is 15.1. The van der Waals surface area contributed by atoms with E-state index in [1.807, 2.05) is 24.3 Å². The lowest BCUT2D eigenvalue weighted by Gasteiger charge is -2.19. The molecule has 6 aromatic carbocycles. The Kier molecular flexibility index (Phi) is 9.95. The molecule has 0 N–H and O–H groups in total. The fourth-order valence-corrected chi connectivity index (χ4v) is 8.74. The topological polar surface area (TPSA) is 57.4 Å². The van der Waals surface area contributed by atoms with Crippen LogP contribution < -0.4 is 0 Å². The van der Waals surface area contributed by atoms with Crippen LogP contribution in [-0.4, -0.2) is 9.13 Å². The molecule has 4 heteroatoms. The van der Waals surface area contributed by atoms with E-state index in [0.717, 1.165) is 44.6 Å². The third kappa shape index (κ3) is 7.55. The van der Waals surface area contributed by atoms with Crippen molar-refractivity contribution >= 4 is 49.7 Å². The number of fused-ring (bicyclic) bond motifs is 6. The maximum Gasteiger partial charge on any atom is 0.0991 e. The van der Waals surface area contributed by atoms with E-state index in [1.54, 1.807) is 0 Å². The number of hydrogen-bond acceptors (Lipinski definition) is 2. The summed E-state index contributed by atoms with van der Waals surface area (Å²) >= 11 is 0. The van der Waals surface area contributed by atoms with Crippen LogP contribution in [0.15, 0.2) is 115 Å². The van der Waals surface area contributed by atoms with Gasteiger partial charge in [0.25, 0.3) is 0 Å². The molecule has 4 nitrogen and oxygen atoms in total. The largest absolute Gasteiger partial charge is 0.309 e. The van der Waals surface area contributed by atoms with Crippen molar-refractivity contribution in [3.05, 3.63) is 160 Å². The van der Waals surface area contributed by atoms with Gasteiger partial charge in [0.15, 0.2) is 0 Å². The normalized spacial score (nSPS) is 12.9. The highest BCUT2D eigenvalue weighted by atomic mass is 15.0. The molecular formula is C57H58N4. The van der Waals surface area contributed by atoms with E-state index < -0.39 is 0 Å². The summed E-state index contributed by atoms with van der Waals surface area (Å²) in [5.74, 6) is 0. The minimum absolute atomic E-state index is 0.000310. The standard InChI is InChI=1S/C57H58N4/c1-54(2,3)40-18-24-50-44(30-40)45-31-41(55(4,5)6)19-25-51(45)60(50)48-22-16-36(34-58)28-38(48)14-13-15-39-29-37(35-59)17-23-49(39)61-52-26-20-42(56(7,8)9)32-46(52)47-33-43(57(10,11)12)21-27-53(47)61/h13-14,16-33H,15H2,1-12H3/b14-13+. The molecular weight excluding hydrogens is 741 g/mol. The first-order chi connectivity index (χ1) is 28.7. The van der Waals surface area contributed by atoms with E-state index >= 15 is 0 Å². The maximum absolute atomic E-state index is 10.1. The second-order valence-corrected chi connectivity index (χ2v) is 21.0. The Morgan fingerprint density at radius 1 is 0.426 bits per heavy atom. The van der Waals surface area contributed by atoms with Gasteiger partial charge in [-0.3, -0.25) is 0 Å². The highest BCUT2D eigenvalue weighted by Crippen LogP contribution is 2.41. The number of benzene rings is 6. The van der Waals surface area contributed by atoms with Crippen molar-refractivity contribution in [3.8, 4) is 23.5 Å². The third-order valence-corrected chi connectivity index (χ3v) is 12.5. The molecule has 0 saturated carbocycles. The molecule has 61 heavy (non-hydrogen) atoms. The van der Waals surface area contributed by atoms with Crippen molar-refractivity contribution in [2.24, 2.45) is 0 Å². The molecule has 8 rings (SSSR count). The molecule has 0 bridgehead atoms. The van der Waals surface area contributed by atoms with E-state index in [0.29, 0.717) is 17.5 Å². The molecule has 0 saturated heterocycles. The zero-order valence-electron chi connectivity index (χ0n) is 38.0. The summed E-state index contributed by atoms with van der Waals surface area (Å²) in [4.78, 5) is 0. The van der Waals surface area contributed by atoms with Crippen LogP contribution in [0.4, 0.5) is 0 Å². The summed E-state index contributed by atoms with van der Waals surface area (Å²) in [6.07, 6.45) is 4.92. The van der Waals surface area contributed by atoms with Gasteiger partial charge in [0.1, 0.15) is 0 Å². The van der Waals surface area contributed by atoms with Crippen molar-refractivity contribution in [3.63, 3.8) is 0 Å². The number of nitriles is 2. The van der Waals surface area contributed by atoms with Gasteiger partial charge in [-0.05, 0) is 146 Å². The van der Waals surface area contributed by atoms with Gasteiger partial charge in [-0.2, -0.15) is 10.5 Å². The molecule has 2 aromatic heterocycles. The van der Waals surface area contributed by atoms with Crippen LogP contribution in [0.2, 0.25) is 0 Å². The van der Waals surface area contributed by atoms with Crippen LogP contribution in [0.1, 0.15) is 128 Å². The molecule has 0 fully saturated rings. The summed E-state index contributed by atoms with van der Waals surface area (Å²) in [6, 6.07) is 44.4. The molecule has 0 amide bonds. The number of hydrogen-bond donors (Lipinski definition) is 0. The van der Waals surface area contributed by atoms with Gasteiger partial charge in [-0.15, -0.1) is 0 Å². The van der Waals surface area contributed by atoms with Crippen LogP contribution in [0, 0.1) is 22.7 Å². The summed E-state index contributed by atoms with van der Waals surface area (Å²) in [7, 11) is 0. The predicted molar refractivity (Wildman–Crippen MR) is 259 cm³/mol. The van der Waals surface area contributed by atoms with Crippen molar-refractivity contribution in [1.29, 1.82) is 10.5 Å². The van der Waals surface area contributed by atoms with Crippen LogP contribution in [0.5, 0.6) is 0 Å². The van der Waals surface area contributed by atoms with Crippen molar-refractivity contribution in [2.75, 3.05) is 0 Å². The van der Waals surface area contributed by atoms with E-state index in [1.165, 1.54) is 43.8 Å². The molecule has 0 unspecified atom stereocenters. The number of rotatable bonds is 5. The van der Waals surface area contributed by atoms with Gasteiger partial charge < -0.3 is 9.13 Å². The fraction of sp³-hybridized carbons (Fsp3) is 0.298. The highest BCUT2D eigenvalue weighted by Gasteiger charge is 2.24. The number of nitrogens with zero attached hydrogens (tertiary/aromatic N) is 4. The van der Waals surface area contributed by atoms with E-state index in [2.05, 4.69) is 201 Å². The maximum atomic E-state index is 10.1. The zero-order chi connectivity index (χ0) is 43.8. The molecule has 0 radical (unpaired) electrons. The van der Waals surface area contributed by atoms with E-state index in [4.69, 9.17) is 0 Å². The first-order valence-corrected chi connectivity index (χ1v) is 21.6. The minimum atomic E-state index is -0.00173. The van der Waals surface area contributed by atoms with Crippen LogP contribution in [0.25, 0.3) is 61.1 Å². The second kappa shape index (κ2) is 14.7. The van der Waals surface area contributed by atoms with Gasteiger partial charge in [0.2, 0.25) is 0 Å². The van der Waals surface area contributed by atoms with Crippen LogP contribution >= 0.6 is 0 Å². The average molecular weight is 799 g/mol. The summed E-state index contributed by atoms with van der Waals surface area (Å²) < 4.78 is 4.74. The minimum Gasteiger partial charge on any atom is -0.309 e. The van der Waals surface area contributed by atoms with Crippen molar-refractivity contribution in [1.82, 2.24) is 9.13 Å². The van der Waals surface area contributed by atoms with E-state index in [-0.39, 0.29) is 21.7 Å². The summed E-state index contributed by atoms with van der Waals surface area (Å²) in [5, 5.41) is 25.2. The lowest BCUT2D eigenvalue weighted by Crippen LogP contribution is -2.10. The molecule has 0 spiro atoms. The number of allylic oxidation sites excluding steroid dienone is 1. The Balaban J connectivity index is 1.30. The molecule has 306 valence electrons. The van der Waals surface area contributed by atoms with Crippen LogP contribution in [0.3, 0.4) is 0 Å². The van der Waals surface area contributed by atoms with Crippen LogP contribution in [-0.2, 0) is 28.1 Å². The Labute approximate surface area is 362 Å². The first-order valence-electron chi connectivity index (χ1n) is 21.6. The number of aromatic nitrogens is 2. The van der Waals surface area contributed by atoms with E-state index in [9.17, 15) is 10.5 Å². The van der Waals surface area contributed by atoms with Crippen molar-refractivity contribution in [2.45, 2.75) is 111 Å². The van der Waals surface area contributed by atoms with Gasteiger partial charge in [0, 0.05) is 27.2 Å². The van der Waals surface area contributed by atoms with Crippen molar-refractivity contribution < 1.29 is 0 Å². The van der Waals surface area contributed by atoms with Gasteiger partial charge in [-0.1, -0.05) is 120 Å². The molecule has 0 aliphatic rings. The average Bonchev–Trinajstić information content (AvgIpc) is 3.70. The van der Waals surface area contributed by atoms with Gasteiger partial charge >= 0.3 is 0 Å². The SMILES string of the molecule is CC(C)(C)c1ccc2c(c1)c1cc(C(C)(C)C)ccc1n2-c1ccc(C#N)cc1/C=C/Cc1cc(C#N)ccc1-n1c2ccc(C(C)(C)C)cc2c2cc(C(C)(C)C)ccc21. The second-order valence-electron chi connectivity index (χ2n) is 21.0. The van der Waals surface area contributed by atoms with Gasteiger partial charge in [-0.25, -0.2) is 0 Å². The molecule has 0 atom stereocenters.